The highest BCUT2D eigenvalue weighted by molar-refractivity contribution is 7.99. The number of aryl methyl sites for hydroxylation is 1. The first-order valence-corrected chi connectivity index (χ1v) is 13.1. The Morgan fingerprint density at radius 3 is 2.36 bits per heavy atom. The molecular weight excluding hydrogens is 456 g/mol. The van der Waals surface area contributed by atoms with Crippen molar-refractivity contribution in [3.8, 4) is 11.1 Å². The molecule has 0 fully saturated rings. The molecule has 0 spiro atoms. The molecule has 1 aliphatic heterocycles. The van der Waals surface area contributed by atoms with Gasteiger partial charge in [0.05, 0.1) is 11.4 Å². The van der Waals surface area contributed by atoms with Gasteiger partial charge in [0.1, 0.15) is 0 Å². The molecule has 1 aromatic heterocycles. The van der Waals surface area contributed by atoms with Crippen molar-refractivity contribution in [1.29, 1.82) is 0 Å². The Hall–Kier alpha value is -3.69. The van der Waals surface area contributed by atoms with Gasteiger partial charge in [0.25, 0.3) is 0 Å². The molecule has 4 aromatic rings. The van der Waals surface area contributed by atoms with Gasteiger partial charge in [-0.25, -0.2) is 0 Å². The maximum atomic E-state index is 3.95. The Balaban J connectivity index is 1.53. The summed E-state index contributed by atoms with van der Waals surface area (Å²) in [4.78, 5) is 8.19. The SMILES string of the molecule is C=C\C=C(/C=C(C)/C(C)=C\C)c1ccc2c(c1)Sc1cc(-c3ccc4[nH]cc(C)c4c3)ccc1N2C. The van der Waals surface area contributed by atoms with E-state index in [4.69, 9.17) is 0 Å². The second-order valence-electron chi connectivity index (χ2n) is 9.41. The molecular formula is C33H32N2S. The maximum absolute atomic E-state index is 3.95. The molecule has 2 nitrogen and oxygen atoms in total. The van der Waals surface area contributed by atoms with Crippen molar-refractivity contribution < 1.29 is 0 Å². The maximum Gasteiger partial charge on any atom is 0.0550 e. The topological polar surface area (TPSA) is 19.0 Å². The van der Waals surface area contributed by atoms with Crippen LogP contribution >= 0.6 is 11.8 Å². The Morgan fingerprint density at radius 2 is 1.61 bits per heavy atom. The summed E-state index contributed by atoms with van der Waals surface area (Å²) in [7, 11) is 2.16. The van der Waals surface area contributed by atoms with Crippen molar-refractivity contribution >= 4 is 39.6 Å². The minimum absolute atomic E-state index is 1.17. The third-order valence-corrected chi connectivity index (χ3v) is 8.24. The quantitative estimate of drug-likeness (QED) is 0.282. The molecule has 0 unspecified atom stereocenters. The smallest absolute Gasteiger partial charge is 0.0550 e. The Morgan fingerprint density at radius 1 is 0.917 bits per heavy atom. The monoisotopic (exact) mass is 488 g/mol. The van der Waals surface area contributed by atoms with Crippen molar-refractivity contribution in [2.45, 2.75) is 37.5 Å². The van der Waals surface area contributed by atoms with Gasteiger partial charge in [0.2, 0.25) is 0 Å². The minimum Gasteiger partial charge on any atom is -0.361 e. The molecule has 3 heteroatoms. The molecule has 0 amide bonds. The zero-order valence-electron chi connectivity index (χ0n) is 21.6. The number of hydrogen-bond acceptors (Lipinski definition) is 2. The average Bonchev–Trinajstić information content (AvgIpc) is 3.27. The second kappa shape index (κ2) is 9.75. The molecule has 0 bridgehead atoms. The summed E-state index contributed by atoms with van der Waals surface area (Å²) in [6.45, 7) is 12.5. The van der Waals surface area contributed by atoms with Crippen molar-refractivity contribution in [2.75, 3.05) is 11.9 Å². The fourth-order valence-corrected chi connectivity index (χ4v) is 5.95. The molecule has 0 aliphatic carbocycles. The predicted octanol–water partition coefficient (Wildman–Crippen LogP) is 9.86. The Kier molecular flexibility index (Phi) is 6.51. The molecule has 3 aromatic carbocycles. The van der Waals surface area contributed by atoms with Crippen LogP contribution in [0.2, 0.25) is 0 Å². The summed E-state index contributed by atoms with van der Waals surface area (Å²) in [5, 5.41) is 1.28. The van der Waals surface area contributed by atoms with Crippen LogP contribution in [-0.2, 0) is 0 Å². The van der Waals surface area contributed by atoms with Crippen molar-refractivity contribution in [1.82, 2.24) is 4.98 Å². The number of allylic oxidation sites excluding steroid dienone is 7. The van der Waals surface area contributed by atoms with E-state index >= 15 is 0 Å². The van der Waals surface area contributed by atoms with Gasteiger partial charge in [-0.1, -0.05) is 66.4 Å². The number of aromatic amines is 1. The first kappa shape index (κ1) is 24.0. The number of rotatable bonds is 5. The number of nitrogens with zero attached hydrogens (tertiary/aromatic N) is 1. The molecule has 1 N–H and O–H groups in total. The van der Waals surface area contributed by atoms with E-state index < -0.39 is 0 Å². The van der Waals surface area contributed by atoms with Gasteiger partial charge in [0, 0.05) is 33.9 Å². The number of nitrogens with one attached hydrogen (secondary N) is 1. The highest BCUT2D eigenvalue weighted by Crippen LogP contribution is 2.49. The van der Waals surface area contributed by atoms with Crippen LogP contribution in [-0.4, -0.2) is 12.0 Å². The van der Waals surface area contributed by atoms with E-state index in [-0.39, 0.29) is 0 Å². The van der Waals surface area contributed by atoms with Gasteiger partial charge >= 0.3 is 0 Å². The van der Waals surface area contributed by atoms with Crippen LogP contribution in [0.25, 0.3) is 27.6 Å². The van der Waals surface area contributed by atoms with E-state index in [2.05, 4.69) is 130 Å². The van der Waals surface area contributed by atoms with Crippen LogP contribution < -0.4 is 4.90 Å². The first-order valence-electron chi connectivity index (χ1n) is 12.3. The standard InChI is InChI=1S/C33H32N2S/c1-7-9-24(16-22(4)21(3)8-2)26-11-14-30-32(18-26)36-33-19-27(12-15-31(33)35(30)6)25-10-13-29-28(17-25)23(5)20-34-29/h7-20,34H,1H2,2-6H3/b21-8-,22-16+,24-9+. The summed E-state index contributed by atoms with van der Waals surface area (Å²) in [6.07, 6.45) is 10.4. The number of fused-ring (bicyclic) bond motifs is 3. The summed E-state index contributed by atoms with van der Waals surface area (Å²) in [5.74, 6) is 0. The molecule has 0 radical (unpaired) electrons. The summed E-state index contributed by atoms with van der Waals surface area (Å²) in [5.41, 5.74) is 12.3. The highest BCUT2D eigenvalue weighted by Gasteiger charge is 2.22. The second-order valence-corrected chi connectivity index (χ2v) is 10.5. The van der Waals surface area contributed by atoms with Gasteiger partial charge in [-0.2, -0.15) is 0 Å². The lowest BCUT2D eigenvalue weighted by Gasteiger charge is -2.30. The lowest BCUT2D eigenvalue weighted by Crippen LogP contribution is -2.14. The number of H-pyrrole nitrogens is 1. The van der Waals surface area contributed by atoms with Gasteiger partial charge < -0.3 is 9.88 Å². The van der Waals surface area contributed by atoms with Crippen LogP contribution in [0.15, 0.2) is 113 Å². The number of benzene rings is 3. The summed E-state index contributed by atoms with van der Waals surface area (Å²) < 4.78 is 0. The molecule has 2 heterocycles. The molecule has 180 valence electrons. The van der Waals surface area contributed by atoms with Crippen molar-refractivity contribution in [3.63, 3.8) is 0 Å². The predicted molar refractivity (Wildman–Crippen MR) is 158 cm³/mol. The average molecular weight is 489 g/mol. The Labute approximate surface area is 218 Å². The van der Waals surface area contributed by atoms with Crippen LogP contribution in [0.3, 0.4) is 0 Å². The van der Waals surface area contributed by atoms with Gasteiger partial charge in [0.15, 0.2) is 0 Å². The van der Waals surface area contributed by atoms with Crippen LogP contribution in [0.5, 0.6) is 0 Å². The zero-order valence-corrected chi connectivity index (χ0v) is 22.5. The zero-order chi connectivity index (χ0) is 25.4. The normalized spacial score (nSPS) is 14.1. The molecule has 0 saturated carbocycles. The van der Waals surface area contributed by atoms with E-state index in [1.165, 1.54) is 71.0 Å². The minimum atomic E-state index is 1.17. The third-order valence-electron chi connectivity index (χ3n) is 7.14. The van der Waals surface area contributed by atoms with E-state index in [0.717, 1.165) is 0 Å². The third kappa shape index (κ3) is 4.36. The van der Waals surface area contributed by atoms with Crippen molar-refractivity contribution in [3.05, 3.63) is 114 Å². The van der Waals surface area contributed by atoms with E-state index in [1.54, 1.807) is 0 Å². The number of aromatic nitrogens is 1. The van der Waals surface area contributed by atoms with Crippen LogP contribution in [0.4, 0.5) is 11.4 Å². The fraction of sp³-hybridized carbons (Fsp3) is 0.152. The van der Waals surface area contributed by atoms with Gasteiger partial charge in [-0.05, 0) is 97.5 Å². The van der Waals surface area contributed by atoms with Crippen molar-refractivity contribution in [2.24, 2.45) is 0 Å². The number of anilines is 2. The van der Waals surface area contributed by atoms with E-state index in [9.17, 15) is 0 Å². The molecule has 5 rings (SSSR count). The van der Waals surface area contributed by atoms with E-state index in [0.29, 0.717) is 0 Å². The van der Waals surface area contributed by atoms with Gasteiger partial charge in [-0.15, -0.1) is 0 Å². The van der Waals surface area contributed by atoms with Gasteiger partial charge in [-0.3, -0.25) is 0 Å². The van der Waals surface area contributed by atoms with Crippen LogP contribution in [0, 0.1) is 6.92 Å². The first-order chi connectivity index (χ1) is 17.4. The molecule has 1 aliphatic rings. The molecule has 36 heavy (non-hydrogen) atoms. The van der Waals surface area contributed by atoms with E-state index in [1.807, 2.05) is 17.8 Å². The fourth-order valence-electron chi connectivity index (χ4n) is 4.72. The summed E-state index contributed by atoms with van der Waals surface area (Å²) >= 11 is 1.85. The Bertz CT molecular complexity index is 1580. The molecule has 0 atom stereocenters. The lowest BCUT2D eigenvalue weighted by atomic mass is 9.99. The summed E-state index contributed by atoms with van der Waals surface area (Å²) in [6, 6.07) is 20.2. The largest absolute Gasteiger partial charge is 0.361 e. The molecule has 0 saturated heterocycles. The lowest BCUT2D eigenvalue weighted by molar-refractivity contribution is 1.11. The van der Waals surface area contributed by atoms with Crippen LogP contribution in [0.1, 0.15) is 31.9 Å². The number of hydrogen-bond donors (Lipinski definition) is 1. The highest BCUT2D eigenvalue weighted by atomic mass is 32.2.